The number of carboxylic acid groups (broad SMARTS) is 1. The van der Waals surface area contributed by atoms with Crippen LogP contribution in [0.1, 0.15) is 70.2 Å². The Bertz CT molecular complexity index is 2060. The molecule has 0 radical (unpaired) electrons. The van der Waals surface area contributed by atoms with Gasteiger partial charge in [0, 0.05) is 29.4 Å². The van der Waals surface area contributed by atoms with E-state index in [1.165, 1.54) is 0 Å². The molecule has 12 heteroatoms. The lowest BCUT2D eigenvalue weighted by Crippen LogP contribution is -2.38. The van der Waals surface area contributed by atoms with Gasteiger partial charge in [0.25, 0.3) is 0 Å². The lowest BCUT2D eigenvalue weighted by atomic mass is 10.1. The number of piperidine rings is 2. The Balaban J connectivity index is 0.959. The Morgan fingerprint density at radius 3 is 2.28 bits per heavy atom. The number of likely N-dealkylation sites (tertiary alicyclic amines) is 2. The minimum Gasteiger partial charge on any atom is -0.465 e. The van der Waals surface area contributed by atoms with Gasteiger partial charge in [-0.2, -0.15) is 0 Å². The molecule has 12 nitrogen and oxygen atoms in total. The molecule has 3 aromatic heterocycles. The summed E-state index contributed by atoms with van der Waals surface area (Å²) in [7, 11) is 0. The molecule has 0 bridgehead atoms. The maximum Gasteiger partial charge on any atom is 0.411 e. The van der Waals surface area contributed by atoms with Crippen molar-refractivity contribution in [3.8, 4) is 22.5 Å². The zero-order chi connectivity index (χ0) is 31.5. The van der Waals surface area contributed by atoms with Gasteiger partial charge in [-0.3, -0.25) is 14.8 Å². The highest BCUT2D eigenvalue weighted by Gasteiger charge is 2.57. The number of imidazole rings is 2. The van der Waals surface area contributed by atoms with Crippen LogP contribution in [0.5, 0.6) is 0 Å². The number of carbonyl (C=O) groups excluding carboxylic acids is 1. The largest absolute Gasteiger partial charge is 0.465 e. The molecule has 5 aromatic rings. The quantitative estimate of drug-likeness (QED) is 0.208. The van der Waals surface area contributed by atoms with Crippen LogP contribution in [0.15, 0.2) is 48.8 Å². The standard InChI is InChI=1S/C34H34N8O4/c1-34(2,3)46-33(45)42-27-11-19(27)13-29(42)31-38-21-7-5-17(9-23(21)39-31)24-14-35-22-8-16(4-6-20(22)37-24)25-15-36-30(40-25)28-12-18-10-26(18)41(28)32(43)44/h4-9,14-15,18-19,26-29H,10-13H2,1-3H3,(H,36,40)(H,38,39)(H,43,44)/t18-,19+,26-,27-,28+,29+/m1/s1. The molecule has 3 N–H and O–H groups in total. The maximum absolute atomic E-state index is 13.1. The number of nitrogens with zero attached hydrogens (tertiary/aromatic N) is 6. The van der Waals surface area contributed by atoms with Crippen LogP contribution in [-0.4, -0.2) is 74.7 Å². The van der Waals surface area contributed by atoms with Crippen molar-refractivity contribution in [3.63, 3.8) is 0 Å². The molecular weight excluding hydrogens is 584 g/mol. The highest BCUT2D eigenvalue weighted by Crippen LogP contribution is 2.54. The molecule has 2 saturated heterocycles. The predicted octanol–water partition coefficient (Wildman–Crippen LogP) is 6.45. The van der Waals surface area contributed by atoms with Crippen molar-refractivity contribution in [2.75, 3.05) is 0 Å². The zero-order valence-electron chi connectivity index (χ0n) is 25.8. The summed E-state index contributed by atoms with van der Waals surface area (Å²) in [4.78, 5) is 54.3. The number of hydrogen-bond donors (Lipinski definition) is 3. The van der Waals surface area contributed by atoms with E-state index in [0.29, 0.717) is 17.7 Å². The highest BCUT2D eigenvalue weighted by atomic mass is 16.6. The number of H-pyrrole nitrogens is 2. The normalized spacial score (nSPS) is 26.4. The highest BCUT2D eigenvalue weighted by molar-refractivity contribution is 5.85. The minimum absolute atomic E-state index is 0.129. The molecule has 0 unspecified atom stereocenters. The van der Waals surface area contributed by atoms with Gasteiger partial charge < -0.3 is 19.8 Å². The average molecular weight is 619 g/mol. The molecule has 9 rings (SSSR count). The second-order valence-corrected chi connectivity index (χ2v) is 14.2. The number of ether oxygens (including phenoxy) is 1. The summed E-state index contributed by atoms with van der Waals surface area (Å²) in [5, 5.41) is 9.70. The van der Waals surface area contributed by atoms with Crippen molar-refractivity contribution < 1.29 is 19.4 Å². The number of benzene rings is 2. The van der Waals surface area contributed by atoms with E-state index in [1.54, 1.807) is 11.1 Å². The molecule has 5 heterocycles. The first kappa shape index (κ1) is 27.3. The van der Waals surface area contributed by atoms with E-state index in [4.69, 9.17) is 24.7 Å². The van der Waals surface area contributed by atoms with Gasteiger partial charge in [0.05, 0.1) is 51.7 Å². The van der Waals surface area contributed by atoms with Crippen LogP contribution in [-0.2, 0) is 4.74 Å². The van der Waals surface area contributed by atoms with Crippen LogP contribution in [0.4, 0.5) is 9.59 Å². The summed E-state index contributed by atoms with van der Waals surface area (Å²) in [6, 6.07) is 11.9. The Kier molecular flexibility index (Phi) is 5.65. The third kappa shape index (κ3) is 4.49. The summed E-state index contributed by atoms with van der Waals surface area (Å²) in [6.07, 6.45) is 6.11. The Hall–Kier alpha value is -5.00. The van der Waals surface area contributed by atoms with Crippen LogP contribution in [0.3, 0.4) is 0 Å². The van der Waals surface area contributed by atoms with Gasteiger partial charge in [0.2, 0.25) is 0 Å². The number of nitrogens with one attached hydrogen (secondary N) is 2. The number of fused-ring (bicyclic) bond motifs is 4. The molecular formula is C34H34N8O4. The van der Waals surface area contributed by atoms with E-state index in [-0.39, 0.29) is 30.3 Å². The third-order valence-corrected chi connectivity index (χ3v) is 9.90. The van der Waals surface area contributed by atoms with Crippen LogP contribution in [0, 0.1) is 11.8 Å². The van der Waals surface area contributed by atoms with Gasteiger partial charge in [-0.1, -0.05) is 12.1 Å². The van der Waals surface area contributed by atoms with Crippen molar-refractivity contribution in [1.82, 2.24) is 39.7 Å². The Morgan fingerprint density at radius 2 is 1.52 bits per heavy atom. The van der Waals surface area contributed by atoms with Crippen molar-refractivity contribution in [2.45, 2.75) is 76.2 Å². The van der Waals surface area contributed by atoms with E-state index in [1.807, 2.05) is 68.3 Å². The molecule has 2 aliphatic carbocycles. The molecule has 2 amide bonds. The second-order valence-electron chi connectivity index (χ2n) is 14.2. The van der Waals surface area contributed by atoms with Crippen molar-refractivity contribution in [1.29, 1.82) is 0 Å². The van der Waals surface area contributed by atoms with Crippen LogP contribution in [0.2, 0.25) is 0 Å². The second kappa shape index (κ2) is 9.51. The number of carbonyl (C=O) groups is 2. The average Bonchev–Trinajstić information content (AvgIpc) is 3.64. The number of rotatable bonds is 4. The lowest BCUT2D eigenvalue weighted by Gasteiger charge is -2.29. The molecule has 2 saturated carbocycles. The lowest BCUT2D eigenvalue weighted by molar-refractivity contribution is 0.0175. The molecule has 234 valence electrons. The van der Waals surface area contributed by atoms with Gasteiger partial charge in [-0.05, 0) is 82.6 Å². The molecule has 2 aliphatic heterocycles. The first-order chi connectivity index (χ1) is 22.1. The summed E-state index contributed by atoms with van der Waals surface area (Å²) in [5.41, 5.74) is 5.93. The van der Waals surface area contributed by atoms with Crippen LogP contribution < -0.4 is 0 Å². The summed E-state index contributed by atoms with van der Waals surface area (Å²) < 4.78 is 5.73. The SMILES string of the molecule is CC(C)(C)OC(=O)N1[C@@H]2C[C@H]2C[C@H]1c1nc2cc(-c3cnc4cc(-c5c[nH]c([C@@H]6C[C@H]7C[C@H]7N6C(=O)O)n5)ccc4n3)ccc2[nH]1. The summed E-state index contributed by atoms with van der Waals surface area (Å²) in [6.45, 7) is 5.67. The molecule has 6 atom stereocenters. The van der Waals surface area contributed by atoms with E-state index in [2.05, 4.69) is 9.97 Å². The monoisotopic (exact) mass is 618 g/mol. The zero-order valence-corrected chi connectivity index (χ0v) is 25.8. The van der Waals surface area contributed by atoms with Gasteiger partial charge >= 0.3 is 12.2 Å². The van der Waals surface area contributed by atoms with E-state index in [9.17, 15) is 14.7 Å². The van der Waals surface area contributed by atoms with Gasteiger partial charge in [-0.15, -0.1) is 0 Å². The molecule has 46 heavy (non-hydrogen) atoms. The number of aromatic nitrogens is 6. The maximum atomic E-state index is 13.1. The van der Waals surface area contributed by atoms with Crippen molar-refractivity contribution >= 4 is 34.3 Å². The van der Waals surface area contributed by atoms with E-state index >= 15 is 0 Å². The fourth-order valence-corrected chi connectivity index (χ4v) is 7.56. The third-order valence-electron chi connectivity index (χ3n) is 9.90. The predicted molar refractivity (Wildman–Crippen MR) is 169 cm³/mol. The summed E-state index contributed by atoms with van der Waals surface area (Å²) in [5.74, 6) is 2.42. The molecule has 2 aromatic carbocycles. The summed E-state index contributed by atoms with van der Waals surface area (Å²) >= 11 is 0. The molecule has 0 spiro atoms. The molecule has 4 aliphatic rings. The number of amides is 2. The van der Waals surface area contributed by atoms with E-state index in [0.717, 1.165) is 76.1 Å². The Labute approximate surface area is 264 Å². The molecule has 4 fully saturated rings. The Morgan fingerprint density at radius 1 is 0.826 bits per heavy atom. The van der Waals surface area contributed by atoms with Gasteiger partial charge in [0.15, 0.2) is 0 Å². The van der Waals surface area contributed by atoms with Crippen molar-refractivity contribution in [3.05, 3.63) is 60.4 Å². The first-order valence-corrected chi connectivity index (χ1v) is 15.9. The number of hydrogen-bond acceptors (Lipinski definition) is 7. The van der Waals surface area contributed by atoms with E-state index < -0.39 is 11.7 Å². The van der Waals surface area contributed by atoms with Crippen LogP contribution >= 0.6 is 0 Å². The number of aromatic amines is 2. The fourth-order valence-electron chi connectivity index (χ4n) is 7.56. The smallest absolute Gasteiger partial charge is 0.411 e. The van der Waals surface area contributed by atoms with Crippen molar-refractivity contribution in [2.24, 2.45) is 11.8 Å². The first-order valence-electron chi connectivity index (χ1n) is 15.9. The van der Waals surface area contributed by atoms with Gasteiger partial charge in [0.1, 0.15) is 17.2 Å². The van der Waals surface area contributed by atoms with Gasteiger partial charge in [-0.25, -0.2) is 24.5 Å². The van der Waals surface area contributed by atoms with Crippen LogP contribution in [0.25, 0.3) is 44.6 Å². The minimum atomic E-state index is -0.883. The fraction of sp³-hybridized carbons (Fsp3) is 0.412. The topological polar surface area (TPSA) is 153 Å².